The molecule has 0 amide bonds. The van der Waals surface area contributed by atoms with Gasteiger partial charge >= 0.3 is 0 Å². The summed E-state index contributed by atoms with van der Waals surface area (Å²) in [6.45, 7) is 10.3. The number of rotatable bonds is 1. The molecule has 2 atom stereocenters. The van der Waals surface area contributed by atoms with E-state index in [2.05, 4.69) is 42.4 Å². The van der Waals surface area contributed by atoms with Gasteiger partial charge in [0.15, 0.2) is 0 Å². The molecule has 0 aromatic carbocycles. The summed E-state index contributed by atoms with van der Waals surface area (Å²) < 4.78 is 5.32. The van der Waals surface area contributed by atoms with E-state index in [-0.39, 0.29) is 5.60 Å². The summed E-state index contributed by atoms with van der Waals surface area (Å²) in [6.07, 6.45) is 5.35. The van der Waals surface area contributed by atoms with Crippen molar-refractivity contribution < 1.29 is 4.52 Å². The molecule has 1 nitrogen and oxygen atoms in total. The van der Waals surface area contributed by atoms with Gasteiger partial charge in [-0.3, -0.25) is 0 Å². The molecule has 0 heterocycles. The van der Waals surface area contributed by atoms with Crippen molar-refractivity contribution in [2.24, 2.45) is 0 Å². The molecule has 0 radical (unpaired) electrons. The van der Waals surface area contributed by atoms with E-state index in [1.54, 1.807) is 0 Å². The van der Waals surface area contributed by atoms with Crippen molar-refractivity contribution in [2.45, 2.75) is 46.6 Å². The molecule has 0 aromatic rings. The van der Waals surface area contributed by atoms with Gasteiger partial charge < -0.3 is 4.52 Å². The molecule has 0 bridgehead atoms. The standard InChI is InChI=1S/C9H15OP.C2H6/c1-7-4-8(2)6-9(3,5-7)10-11;1-2/h4-5H,6,11H2,1-3H3;1-2H3. The Bertz CT molecular complexity index is 218. The summed E-state index contributed by atoms with van der Waals surface area (Å²) in [5, 5.41) is 0. The van der Waals surface area contributed by atoms with Crippen molar-refractivity contribution in [3.05, 3.63) is 23.3 Å². The molecule has 0 N–H and O–H groups in total. The van der Waals surface area contributed by atoms with Crippen LogP contribution in [-0.2, 0) is 4.52 Å². The van der Waals surface area contributed by atoms with Crippen LogP contribution in [0.15, 0.2) is 23.3 Å². The fourth-order valence-electron chi connectivity index (χ4n) is 1.64. The Kier molecular flexibility index (Phi) is 5.51. The first kappa shape index (κ1) is 12.9. The Balaban J connectivity index is 0.000000671. The Hall–Kier alpha value is -0.130. The summed E-state index contributed by atoms with van der Waals surface area (Å²) in [4.78, 5) is 0. The van der Waals surface area contributed by atoms with E-state index in [0.717, 1.165) is 6.42 Å². The molecule has 13 heavy (non-hydrogen) atoms. The van der Waals surface area contributed by atoms with Crippen molar-refractivity contribution >= 4 is 9.47 Å². The van der Waals surface area contributed by atoms with Gasteiger partial charge in [-0.25, -0.2) is 0 Å². The third kappa shape index (κ3) is 4.06. The molecule has 1 aliphatic carbocycles. The highest BCUT2D eigenvalue weighted by Crippen LogP contribution is 2.30. The lowest BCUT2D eigenvalue weighted by molar-refractivity contribution is 0.170. The fourth-order valence-corrected chi connectivity index (χ4v) is 1.79. The molecule has 0 aliphatic heterocycles. The van der Waals surface area contributed by atoms with Crippen LogP contribution in [0.5, 0.6) is 0 Å². The summed E-state index contributed by atoms with van der Waals surface area (Å²) in [7, 11) is 2.34. The minimum atomic E-state index is -0.104. The SMILES string of the molecule is CC.CC1=CC(C)(OP)CC(C)=C1. The minimum absolute atomic E-state index is 0.104. The van der Waals surface area contributed by atoms with Gasteiger partial charge in [-0.1, -0.05) is 31.1 Å². The van der Waals surface area contributed by atoms with Gasteiger partial charge in [-0.2, -0.15) is 0 Å². The number of hydrogen-bond acceptors (Lipinski definition) is 1. The third-order valence-electron chi connectivity index (χ3n) is 1.91. The minimum Gasteiger partial charge on any atom is -0.355 e. The zero-order chi connectivity index (χ0) is 10.5. The molecular formula is C11H21OP. The highest BCUT2D eigenvalue weighted by Gasteiger charge is 2.23. The van der Waals surface area contributed by atoms with Gasteiger partial charge in [0.25, 0.3) is 0 Å². The summed E-state index contributed by atoms with van der Waals surface area (Å²) in [6, 6.07) is 0. The highest BCUT2D eigenvalue weighted by atomic mass is 31.0. The molecule has 76 valence electrons. The predicted octanol–water partition coefficient (Wildman–Crippen LogP) is 3.87. The molecular weight excluding hydrogens is 179 g/mol. The molecule has 1 rings (SSSR count). The Labute approximate surface area is 84.5 Å². The first-order chi connectivity index (χ1) is 6.06. The van der Waals surface area contributed by atoms with Crippen LogP contribution in [0.2, 0.25) is 0 Å². The topological polar surface area (TPSA) is 9.23 Å². The second-order valence-corrected chi connectivity index (χ2v) is 3.72. The molecule has 2 unspecified atom stereocenters. The lowest BCUT2D eigenvalue weighted by atomic mass is 9.89. The zero-order valence-electron chi connectivity index (χ0n) is 9.35. The van der Waals surface area contributed by atoms with Gasteiger partial charge in [-0.05, 0) is 26.8 Å². The first-order valence-corrected chi connectivity index (χ1v) is 5.27. The van der Waals surface area contributed by atoms with Crippen LogP contribution in [0.3, 0.4) is 0 Å². The predicted molar refractivity (Wildman–Crippen MR) is 62.7 cm³/mol. The molecule has 2 heteroatoms. The van der Waals surface area contributed by atoms with Gasteiger partial charge in [-0.15, -0.1) is 0 Å². The Morgan fingerprint density at radius 2 is 1.92 bits per heavy atom. The van der Waals surface area contributed by atoms with Crippen LogP contribution in [0, 0.1) is 0 Å². The molecule has 0 fully saturated rings. The van der Waals surface area contributed by atoms with E-state index in [9.17, 15) is 0 Å². The maximum atomic E-state index is 5.32. The monoisotopic (exact) mass is 200 g/mol. The van der Waals surface area contributed by atoms with Crippen LogP contribution >= 0.6 is 9.47 Å². The van der Waals surface area contributed by atoms with E-state index in [0.29, 0.717) is 0 Å². The van der Waals surface area contributed by atoms with Crippen molar-refractivity contribution in [3.8, 4) is 0 Å². The average molecular weight is 200 g/mol. The van der Waals surface area contributed by atoms with Crippen LogP contribution in [0.4, 0.5) is 0 Å². The maximum Gasteiger partial charge on any atom is 0.0912 e. The van der Waals surface area contributed by atoms with Crippen LogP contribution in [0.1, 0.15) is 41.0 Å². The van der Waals surface area contributed by atoms with Gasteiger partial charge in [0.1, 0.15) is 0 Å². The van der Waals surface area contributed by atoms with Crippen LogP contribution in [0.25, 0.3) is 0 Å². The normalized spacial score (nSPS) is 26.9. The first-order valence-electron chi connectivity index (χ1n) is 4.80. The lowest BCUT2D eigenvalue weighted by Gasteiger charge is -2.28. The van der Waals surface area contributed by atoms with E-state index in [1.165, 1.54) is 11.1 Å². The van der Waals surface area contributed by atoms with Crippen molar-refractivity contribution in [1.29, 1.82) is 0 Å². The van der Waals surface area contributed by atoms with E-state index < -0.39 is 0 Å². The largest absolute Gasteiger partial charge is 0.355 e. The average Bonchev–Trinajstić information content (AvgIpc) is 2.06. The van der Waals surface area contributed by atoms with Crippen LogP contribution in [-0.4, -0.2) is 5.60 Å². The third-order valence-corrected chi connectivity index (χ3v) is 2.44. The Morgan fingerprint density at radius 1 is 1.38 bits per heavy atom. The lowest BCUT2D eigenvalue weighted by Crippen LogP contribution is -2.24. The molecule has 0 spiro atoms. The van der Waals surface area contributed by atoms with Crippen molar-refractivity contribution in [3.63, 3.8) is 0 Å². The summed E-state index contributed by atoms with van der Waals surface area (Å²) >= 11 is 0. The van der Waals surface area contributed by atoms with Gasteiger partial charge in [0, 0.05) is 15.9 Å². The molecule has 0 saturated heterocycles. The molecule has 0 saturated carbocycles. The second-order valence-electron chi connectivity index (χ2n) is 3.49. The fraction of sp³-hybridized carbons (Fsp3) is 0.636. The van der Waals surface area contributed by atoms with Gasteiger partial charge in [0.2, 0.25) is 0 Å². The maximum absolute atomic E-state index is 5.32. The number of allylic oxidation sites excluding steroid dienone is 2. The Morgan fingerprint density at radius 3 is 2.31 bits per heavy atom. The van der Waals surface area contributed by atoms with Crippen molar-refractivity contribution in [1.82, 2.24) is 0 Å². The quantitative estimate of drug-likeness (QED) is 0.584. The summed E-state index contributed by atoms with van der Waals surface area (Å²) in [5.41, 5.74) is 2.57. The zero-order valence-corrected chi connectivity index (χ0v) is 10.5. The second kappa shape index (κ2) is 5.57. The summed E-state index contributed by atoms with van der Waals surface area (Å²) in [5.74, 6) is 0. The van der Waals surface area contributed by atoms with E-state index in [4.69, 9.17) is 4.52 Å². The molecule has 0 aromatic heterocycles. The number of hydrogen-bond donors (Lipinski definition) is 0. The van der Waals surface area contributed by atoms with Crippen molar-refractivity contribution in [2.75, 3.05) is 0 Å². The van der Waals surface area contributed by atoms with E-state index in [1.807, 2.05) is 13.8 Å². The van der Waals surface area contributed by atoms with E-state index >= 15 is 0 Å². The highest BCUT2D eigenvalue weighted by molar-refractivity contribution is 7.09. The smallest absolute Gasteiger partial charge is 0.0912 e. The molecule has 1 aliphatic rings. The van der Waals surface area contributed by atoms with Gasteiger partial charge in [0.05, 0.1) is 5.60 Å². The van der Waals surface area contributed by atoms with Crippen LogP contribution < -0.4 is 0 Å².